The largest absolute Gasteiger partial charge is 0.293 e. The van der Waals surface area contributed by atoms with E-state index in [9.17, 15) is 0 Å². The highest BCUT2D eigenvalue weighted by Gasteiger charge is 2.15. The molecule has 0 spiro atoms. The van der Waals surface area contributed by atoms with E-state index in [4.69, 9.17) is 19.9 Å². The highest BCUT2D eigenvalue weighted by molar-refractivity contribution is 6.09. The second-order valence-electron chi connectivity index (χ2n) is 8.41. The number of fused-ring (bicyclic) bond motifs is 4. The maximum Gasteiger partial charge on any atom is 0.180 e. The molecule has 0 unspecified atom stereocenters. The number of nitrogens with zero attached hydrogens (tertiary/aromatic N) is 5. The maximum atomic E-state index is 4.91. The van der Waals surface area contributed by atoms with Gasteiger partial charge in [-0.25, -0.2) is 19.9 Å². The zero-order valence-electron chi connectivity index (χ0n) is 18.7. The zero-order valence-corrected chi connectivity index (χ0v) is 18.7. The second-order valence-corrected chi connectivity index (χ2v) is 8.41. The number of aromatic nitrogens is 5. The first kappa shape index (κ1) is 19.6. The smallest absolute Gasteiger partial charge is 0.180 e. The molecule has 0 bridgehead atoms. The Kier molecular flexibility index (Phi) is 4.39. The Morgan fingerprint density at radius 1 is 0.514 bits per heavy atom. The molecule has 35 heavy (non-hydrogen) atoms. The van der Waals surface area contributed by atoms with Crippen LogP contribution in [0.5, 0.6) is 0 Å². The molecule has 164 valence electrons. The third-order valence-corrected chi connectivity index (χ3v) is 6.33. The molecule has 3 aromatic heterocycles. The molecular weight excluding hydrogens is 430 g/mol. The predicted octanol–water partition coefficient (Wildman–Crippen LogP) is 6.85. The minimum Gasteiger partial charge on any atom is -0.293 e. The lowest BCUT2D eigenvalue weighted by Crippen LogP contribution is -2.01. The van der Waals surface area contributed by atoms with Gasteiger partial charge in [0.2, 0.25) is 0 Å². The third kappa shape index (κ3) is 3.17. The summed E-state index contributed by atoms with van der Waals surface area (Å²) in [6.45, 7) is 0. The van der Waals surface area contributed by atoms with Gasteiger partial charge >= 0.3 is 0 Å². The van der Waals surface area contributed by atoms with Gasteiger partial charge in [0.25, 0.3) is 0 Å². The average molecular weight is 450 g/mol. The SMILES string of the molecule is c1ccc(-c2nc(-c3cnc(-n4c5ccccc5c5ccccc54)cn3)nc3ccccc23)cc1. The van der Waals surface area contributed by atoms with Crippen LogP contribution in [0.2, 0.25) is 0 Å². The van der Waals surface area contributed by atoms with Gasteiger partial charge in [-0.2, -0.15) is 0 Å². The van der Waals surface area contributed by atoms with Crippen molar-refractivity contribution in [2.75, 3.05) is 0 Å². The monoisotopic (exact) mass is 449 g/mol. The molecule has 7 aromatic rings. The van der Waals surface area contributed by atoms with E-state index < -0.39 is 0 Å². The van der Waals surface area contributed by atoms with E-state index in [1.165, 1.54) is 10.8 Å². The minimum absolute atomic E-state index is 0.559. The third-order valence-electron chi connectivity index (χ3n) is 6.33. The molecule has 3 heterocycles. The van der Waals surface area contributed by atoms with Crippen molar-refractivity contribution in [2.45, 2.75) is 0 Å². The lowest BCUT2D eigenvalue weighted by molar-refractivity contribution is 1.03. The summed E-state index contributed by atoms with van der Waals surface area (Å²) < 4.78 is 2.15. The molecule has 5 heteroatoms. The lowest BCUT2D eigenvalue weighted by atomic mass is 10.1. The van der Waals surface area contributed by atoms with Crippen molar-refractivity contribution in [1.29, 1.82) is 0 Å². The van der Waals surface area contributed by atoms with Crippen LogP contribution in [0, 0.1) is 0 Å². The summed E-state index contributed by atoms with van der Waals surface area (Å²) in [5, 5.41) is 3.40. The van der Waals surface area contributed by atoms with Crippen molar-refractivity contribution in [3.05, 3.63) is 116 Å². The Bertz CT molecular complexity index is 1780. The van der Waals surface area contributed by atoms with Crippen molar-refractivity contribution >= 4 is 32.7 Å². The van der Waals surface area contributed by atoms with Gasteiger partial charge in [-0.1, -0.05) is 84.9 Å². The first-order chi connectivity index (χ1) is 17.4. The molecule has 0 radical (unpaired) electrons. The fourth-order valence-electron chi connectivity index (χ4n) is 4.73. The number of rotatable bonds is 3. The molecule has 0 aliphatic carbocycles. The van der Waals surface area contributed by atoms with Crippen LogP contribution in [0.25, 0.3) is 61.3 Å². The van der Waals surface area contributed by atoms with Crippen LogP contribution < -0.4 is 0 Å². The van der Waals surface area contributed by atoms with Crippen molar-refractivity contribution in [1.82, 2.24) is 24.5 Å². The number of hydrogen-bond acceptors (Lipinski definition) is 4. The molecular formula is C30H19N5. The van der Waals surface area contributed by atoms with Gasteiger partial charge < -0.3 is 0 Å². The molecule has 4 aromatic carbocycles. The van der Waals surface area contributed by atoms with Gasteiger partial charge in [-0.15, -0.1) is 0 Å². The summed E-state index contributed by atoms with van der Waals surface area (Å²) in [5.41, 5.74) is 5.65. The zero-order chi connectivity index (χ0) is 23.2. The Hall–Kier alpha value is -4.90. The van der Waals surface area contributed by atoms with Crippen LogP contribution in [0.15, 0.2) is 116 Å². The van der Waals surface area contributed by atoms with Crippen LogP contribution in [0.1, 0.15) is 0 Å². The fraction of sp³-hybridized carbons (Fsp3) is 0. The Morgan fingerprint density at radius 3 is 1.83 bits per heavy atom. The second kappa shape index (κ2) is 7.85. The van der Waals surface area contributed by atoms with E-state index in [-0.39, 0.29) is 0 Å². The minimum atomic E-state index is 0.559. The molecule has 5 nitrogen and oxygen atoms in total. The molecule has 0 atom stereocenters. The van der Waals surface area contributed by atoms with Crippen LogP contribution in [-0.2, 0) is 0 Å². The summed E-state index contributed by atoms with van der Waals surface area (Å²) in [6, 6.07) is 35.0. The Labute approximate surface area is 201 Å². The van der Waals surface area contributed by atoms with Crippen LogP contribution in [0.4, 0.5) is 0 Å². The Morgan fingerprint density at radius 2 is 1.14 bits per heavy atom. The lowest BCUT2D eigenvalue weighted by Gasteiger charge is -2.10. The molecule has 7 rings (SSSR count). The van der Waals surface area contributed by atoms with Crippen molar-refractivity contribution < 1.29 is 0 Å². The van der Waals surface area contributed by atoms with E-state index in [0.29, 0.717) is 11.5 Å². The summed E-state index contributed by atoms with van der Waals surface area (Å²) in [6.07, 6.45) is 3.56. The number of para-hydroxylation sites is 3. The molecule has 0 saturated carbocycles. The van der Waals surface area contributed by atoms with Gasteiger partial charge in [0.1, 0.15) is 5.69 Å². The normalized spacial score (nSPS) is 11.4. The highest BCUT2D eigenvalue weighted by Crippen LogP contribution is 2.32. The van der Waals surface area contributed by atoms with Crippen molar-refractivity contribution in [3.8, 4) is 28.6 Å². The maximum absolute atomic E-state index is 4.91. The highest BCUT2D eigenvalue weighted by atomic mass is 15.1. The van der Waals surface area contributed by atoms with E-state index >= 15 is 0 Å². The van der Waals surface area contributed by atoms with Gasteiger partial charge in [-0.05, 0) is 18.2 Å². The van der Waals surface area contributed by atoms with E-state index in [0.717, 1.165) is 39.0 Å². The summed E-state index contributed by atoms with van der Waals surface area (Å²) >= 11 is 0. The van der Waals surface area contributed by atoms with Gasteiger partial charge in [-0.3, -0.25) is 4.57 Å². The van der Waals surface area contributed by atoms with E-state index in [2.05, 4.69) is 59.2 Å². The quantitative estimate of drug-likeness (QED) is 0.296. The topological polar surface area (TPSA) is 56.5 Å². The van der Waals surface area contributed by atoms with Crippen molar-refractivity contribution in [3.63, 3.8) is 0 Å². The van der Waals surface area contributed by atoms with Gasteiger partial charge in [0.05, 0.1) is 34.6 Å². The van der Waals surface area contributed by atoms with E-state index in [1.807, 2.05) is 48.5 Å². The fourth-order valence-corrected chi connectivity index (χ4v) is 4.73. The van der Waals surface area contributed by atoms with Gasteiger partial charge in [0, 0.05) is 21.7 Å². The molecule has 0 saturated heterocycles. The molecule has 0 aliphatic heterocycles. The summed E-state index contributed by atoms with van der Waals surface area (Å²) in [7, 11) is 0. The summed E-state index contributed by atoms with van der Waals surface area (Å²) in [4.78, 5) is 19.3. The first-order valence-electron chi connectivity index (χ1n) is 11.5. The van der Waals surface area contributed by atoms with E-state index in [1.54, 1.807) is 12.4 Å². The summed E-state index contributed by atoms with van der Waals surface area (Å²) in [5.74, 6) is 1.32. The number of hydrogen-bond donors (Lipinski definition) is 0. The van der Waals surface area contributed by atoms with Crippen molar-refractivity contribution in [2.24, 2.45) is 0 Å². The van der Waals surface area contributed by atoms with Crippen LogP contribution in [0.3, 0.4) is 0 Å². The predicted molar refractivity (Wildman–Crippen MR) is 140 cm³/mol. The first-order valence-corrected chi connectivity index (χ1v) is 11.5. The molecule has 0 aliphatic rings. The standard InChI is InChI=1S/C30H19N5/c1-2-10-20(11-3-1)29-23-14-4-7-15-24(23)33-30(34-29)25-18-32-28(19-31-25)35-26-16-8-5-12-21(26)22-13-6-9-17-27(22)35/h1-19H. The van der Waals surface area contributed by atoms with Crippen LogP contribution in [-0.4, -0.2) is 24.5 Å². The average Bonchev–Trinajstić information content (AvgIpc) is 3.27. The molecule has 0 amide bonds. The number of benzene rings is 4. The molecule has 0 fully saturated rings. The Balaban J connectivity index is 1.39. The van der Waals surface area contributed by atoms with Gasteiger partial charge in [0.15, 0.2) is 11.6 Å². The van der Waals surface area contributed by atoms with Crippen LogP contribution >= 0.6 is 0 Å². The molecule has 0 N–H and O–H groups in total.